The molecule has 0 aliphatic carbocycles. The summed E-state index contributed by atoms with van der Waals surface area (Å²) in [5, 5.41) is 0. The van der Waals surface area contributed by atoms with Crippen LogP contribution in [0.15, 0.2) is 0 Å². The fourth-order valence-corrected chi connectivity index (χ4v) is 2.69. The number of rotatable bonds is 6. The number of piperidine rings is 1. The lowest BCUT2D eigenvalue weighted by Crippen LogP contribution is -2.34. The standard InChI is InChI=1S/C11H23NO2S/c1-2-4-11-5-8-12(9-6-11)7-3-10-15(13)14/h11H,2-10H2,1H3,(H,13,14). The summed E-state index contributed by atoms with van der Waals surface area (Å²) >= 11 is -1.61. The number of likely N-dealkylation sites (tertiary alicyclic amines) is 1. The van der Waals surface area contributed by atoms with Gasteiger partial charge in [0, 0.05) is 0 Å². The van der Waals surface area contributed by atoms with Crippen LogP contribution in [-0.4, -0.2) is 39.0 Å². The van der Waals surface area contributed by atoms with Gasteiger partial charge in [-0.25, -0.2) is 4.21 Å². The average molecular weight is 233 g/mol. The fraction of sp³-hybridized carbons (Fsp3) is 1.00. The van der Waals surface area contributed by atoms with Gasteiger partial charge < -0.3 is 9.45 Å². The van der Waals surface area contributed by atoms with E-state index in [4.69, 9.17) is 4.55 Å². The van der Waals surface area contributed by atoms with Gasteiger partial charge in [-0.15, -0.1) is 0 Å². The van der Waals surface area contributed by atoms with E-state index in [-0.39, 0.29) is 0 Å². The minimum absolute atomic E-state index is 0.425. The monoisotopic (exact) mass is 233 g/mol. The summed E-state index contributed by atoms with van der Waals surface area (Å²) in [6.07, 6.45) is 6.15. The third-order valence-electron chi connectivity index (χ3n) is 3.20. The number of hydrogen-bond donors (Lipinski definition) is 1. The summed E-state index contributed by atoms with van der Waals surface area (Å²) in [5.74, 6) is 1.35. The summed E-state index contributed by atoms with van der Waals surface area (Å²) in [4.78, 5) is 2.43. The van der Waals surface area contributed by atoms with Crippen LogP contribution in [-0.2, 0) is 11.1 Å². The molecule has 0 radical (unpaired) electrons. The molecule has 0 bridgehead atoms. The maximum Gasteiger partial charge on any atom is 0.152 e. The zero-order valence-electron chi connectivity index (χ0n) is 9.65. The van der Waals surface area contributed by atoms with Crippen molar-refractivity contribution in [3.8, 4) is 0 Å². The Morgan fingerprint density at radius 1 is 1.40 bits per heavy atom. The van der Waals surface area contributed by atoms with Crippen LogP contribution in [0.5, 0.6) is 0 Å². The Labute approximate surface area is 95.5 Å². The van der Waals surface area contributed by atoms with Crippen LogP contribution in [0.2, 0.25) is 0 Å². The minimum Gasteiger partial charge on any atom is -0.306 e. The molecule has 1 heterocycles. The number of nitrogens with zero attached hydrogens (tertiary/aromatic N) is 1. The third-order valence-corrected chi connectivity index (χ3v) is 3.84. The molecule has 1 unspecified atom stereocenters. The molecule has 0 saturated carbocycles. The number of hydrogen-bond acceptors (Lipinski definition) is 2. The minimum atomic E-state index is -1.61. The topological polar surface area (TPSA) is 40.5 Å². The Morgan fingerprint density at radius 3 is 2.60 bits per heavy atom. The van der Waals surface area contributed by atoms with Crippen molar-refractivity contribution in [3.63, 3.8) is 0 Å². The van der Waals surface area contributed by atoms with Crippen molar-refractivity contribution in [2.75, 3.05) is 25.4 Å². The Morgan fingerprint density at radius 2 is 2.07 bits per heavy atom. The van der Waals surface area contributed by atoms with Crippen molar-refractivity contribution in [2.24, 2.45) is 5.92 Å². The molecule has 3 nitrogen and oxygen atoms in total. The average Bonchev–Trinajstić information content (AvgIpc) is 2.20. The largest absolute Gasteiger partial charge is 0.306 e. The summed E-state index contributed by atoms with van der Waals surface area (Å²) in [6.45, 7) is 5.61. The zero-order chi connectivity index (χ0) is 11.1. The van der Waals surface area contributed by atoms with Gasteiger partial charge in [0.1, 0.15) is 0 Å². The van der Waals surface area contributed by atoms with E-state index in [9.17, 15) is 4.21 Å². The van der Waals surface area contributed by atoms with E-state index in [1.165, 1.54) is 38.8 Å². The predicted octanol–water partition coefficient (Wildman–Crippen LogP) is 2.11. The second-order valence-corrected chi connectivity index (χ2v) is 5.50. The van der Waals surface area contributed by atoms with Gasteiger partial charge in [-0.1, -0.05) is 19.8 Å². The maximum atomic E-state index is 10.5. The second kappa shape index (κ2) is 7.36. The first-order valence-electron chi connectivity index (χ1n) is 6.02. The molecule has 0 amide bonds. The van der Waals surface area contributed by atoms with Crippen LogP contribution in [0.4, 0.5) is 0 Å². The fourth-order valence-electron chi connectivity index (χ4n) is 2.32. The Kier molecular flexibility index (Phi) is 6.45. The normalized spacial score (nSPS) is 21.7. The summed E-state index contributed by atoms with van der Waals surface area (Å²) in [5.41, 5.74) is 0. The van der Waals surface area contributed by atoms with Gasteiger partial charge in [0.2, 0.25) is 0 Å². The smallest absolute Gasteiger partial charge is 0.152 e. The van der Waals surface area contributed by atoms with Gasteiger partial charge in [-0.2, -0.15) is 0 Å². The first kappa shape index (κ1) is 13.1. The summed E-state index contributed by atoms with van der Waals surface area (Å²) in [6, 6.07) is 0. The van der Waals surface area contributed by atoms with E-state index in [1.807, 2.05) is 0 Å². The SMILES string of the molecule is CCCC1CCN(CCCS(=O)O)CC1. The van der Waals surface area contributed by atoms with Gasteiger partial charge in [0.05, 0.1) is 5.75 Å². The lowest BCUT2D eigenvalue weighted by atomic mass is 9.92. The van der Waals surface area contributed by atoms with Crippen LogP contribution in [0.1, 0.15) is 39.0 Å². The van der Waals surface area contributed by atoms with Crippen LogP contribution in [0.3, 0.4) is 0 Å². The van der Waals surface area contributed by atoms with E-state index < -0.39 is 11.1 Å². The Hall–Kier alpha value is 0.0700. The third kappa shape index (κ3) is 5.64. The van der Waals surface area contributed by atoms with Crippen LogP contribution >= 0.6 is 0 Å². The van der Waals surface area contributed by atoms with E-state index in [1.54, 1.807) is 0 Å². The van der Waals surface area contributed by atoms with Crippen LogP contribution in [0.25, 0.3) is 0 Å². The molecule has 1 N–H and O–H groups in total. The van der Waals surface area contributed by atoms with Crippen molar-refractivity contribution in [2.45, 2.75) is 39.0 Å². The highest BCUT2D eigenvalue weighted by atomic mass is 32.2. The van der Waals surface area contributed by atoms with E-state index in [0.29, 0.717) is 5.75 Å². The van der Waals surface area contributed by atoms with Gasteiger partial charge in [-0.05, 0) is 44.8 Å². The van der Waals surface area contributed by atoms with Crippen molar-refractivity contribution in [3.05, 3.63) is 0 Å². The maximum absolute atomic E-state index is 10.5. The lowest BCUT2D eigenvalue weighted by Gasteiger charge is -2.31. The molecule has 1 rings (SSSR count). The molecule has 4 heteroatoms. The van der Waals surface area contributed by atoms with Crippen molar-refractivity contribution in [1.82, 2.24) is 4.90 Å². The molecule has 1 saturated heterocycles. The van der Waals surface area contributed by atoms with Gasteiger partial charge in [0.25, 0.3) is 0 Å². The van der Waals surface area contributed by atoms with E-state index in [0.717, 1.165) is 18.9 Å². The molecule has 1 atom stereocenters. The molecule has 0 aromatic heterocycles. The molecular formula is C11H23NO2S. The lowest BCUT2D eigenvalue weighted by molar-refractivity contribution is 0.179. The zero-order valence-corrected chi connectivity index (χ0v) is 10.5. The van der Waals surface area contributed by atoms with Gasteiger partial charge in [-0.3, -0.25) is 0 Å². The van der Waals surface area contributed by atoms with E-state index >= 15 is 0 Å². The molecule has 1 fully saturated rings. The molecule has 15 heavy (non-hydrogen) atoms. The second-order valence-electron chi connectivity index (χ2n) is 4.45. The molecular weight excluding hydrogens is 210 g/mol. The molecule has 1 aliphatic rings. The quantitative estimate of drug-likeness (QED) is 0.714. The first-order valence-corrected chi connectivity index (χ1v) is 7.29. The van der Waals surface area contributed by atoms with Crippen LogP contribution in [0, 0.1) is 5.92 Å². The first-order chi connectivity index (χ1) is 7.22. The highest BCUT2D eigenvalue weighted by Gasteiger charge is 2.17. The molecule has 0 spiro atoms. The van der Waals surface area contributed by atoms with Crippen LogP contribution < -0.4 is 0 Å². The van der Waals surface area contributed by atoms with Crippen molar-refractivity contribution >= 4 is 11.1 Å². The van der Waals surface area contributed by atoms with Gasteiger partial charge >= 0.3 is 0 Å². The highest BCUT2D eigenvalue weighted by Crippen LogP contribution is 2.21. The van der Waals surface area contributed by atoms with E-state index in [2.05, 4.69) is 11.8 Å². The Bertz CT molecular complexity index is 191. The highest BCUT2D eigenvalue weighted by molar-refractivity contribution is 7.79. The van der Waals surface area contributed by atoms with Gasteiger partial charge in [0.15, 0.2) is 11.1 Å². The predicted molar refractivity (Wildman–Crippen MR) is 64.3 cm³/mol. The molecule has 0 aromatic carbocycles. The molecule has 1 aliphatic heterocycles. The van der Waals surface area contributed by atoms with Crippen molar-refractivity contribution < 1.29 is 8.76 Å². The molecule has 90 valence electrons. The molecule has 0 aromatic rings. The summed E-state index contributed by atoms with van der Waals surface area (Å²) in [7, 11) is 0. The summed E-state index contributed by atoms with van der Waals surface area (Å²) < 4.78 is 19.1. The Balaban J connectivity index is 2.06. The van der Waals surface area contributed by atoms with Crippen molar-refractivity contribution in [1.29, 1.82) is 0 Å².